The van der Waals surface area contributed by atoms with Crippen LogP contribution in [0.4, 0.5) is 4.79 Å². The summed E-state index contributed by atoms with van der Waals surface area (Å²) in [6.07, 6.45) is 4.00. The lowest BCUT2D eigenvalue weighted by Gasteiger charge is -2.20. The van der Waals surface area contributed by atoms with E-state index in [0.29, 0.717) is 22.6 Å². The Hall–Kier alpha value is -3.13. The average molecular weight is 451 g/mol. The van der Waals surface area contributed by atoms with Crippen LogP contribution in [0.2, 0.25) is 0 Å². The van der Waals surface area contributed by atoms with Crippen molar-refractivity contribution in [2.75, 3.05) is 0 Å². The Morgan fingerprint density at radius 1 is 1.09 bits per heavy atom. The number of fused-ring (bicyclic) bond motifs is 1. The van der Waals surface area contributed by atoms with Crippen LogP contribution in [0.3, 0.4) is 0 Å². The molecule has 2 N–H and O–H groups in total. The maximum absolute atomic E-state index is 13.2. The van der Waals surface area contributed by atoms with E-state index in [-0.39, 0.29) is 11.6 Å². The van der Waals surface area contributed by atoms with Crippen LogP contribution in [-0.2, 0) is 11.3 Å². The van der Waals surface area contributed by atoms with Crippen LogP contribution in [-0.4, -0.2) is 26.7 Å². The molecule has 166 valence electrons. The monoisotopic (exact) mass is 450 g/mol. The minimum Gasteiger partial charge on any atom is -0.334 e. The van der Waals surface area contributed by atoms with Crippen molar-refractivity contribution in [2.24, 2.45) is 0 Å². The topological polar surface area (TPSA) is 93.1 Å². The van der Waals surface area contributed by atoms with Crippen LogP contribution in [0.5, 0.6) is 0 Å². The first-order valence-electron chi connectivity index (χ1n) is 10.8. The summed E-state index contributed by atoms with van der Waals surface area (Å²) >= 11 is 1.21. The molecule has 1 unspecified atom stereocenters. The summed E-state index contributed by atoms with van der Waals surface area (Å²) in [7, 11) is 0. The van der Waals surface area contributed by atoms with E-state index < -0.39 is 17.2 Å². The molecular weight excluding hydrogens is 424 g/mol. The third-order valence-electron chi connectivity index (χ3n) is 5.65. The predicted octanol–water partition coefficient (Wildman–Crippen LogP) is 4.02. The highest BCUT2D eigenvalue weighted by Gasteiger charge is 2.26. The molecule has 4 rings (SSSR count). The summed E-state index contributed by atoms with van der Waals surface area (Å²) in [6.45, 7) is 2.04. The van der Waals surface area contributed by atoms with Gasteiger partial charge in [0.25, 0.3) is 5.56 Å². The molecule has 0 spiro atoms. The first kappa shape index (κ1) is 22.1. The van der Waals surface area contributed by atoms with Crippen molar-refractivity contribution < 1.29 is 9.59 Å². The van der Waals surface area contributed by atoms with Gasteiger partial charge in [0, 0.05) is 12.6 Å². The highest BCUT2D eigenvalue weighted by atomic mass is 32.2. The molecule has 1 saturated carbocycles. The number of carbonyl (C=O) groups excluding carboxylic acids is 2. The zero-order valence-electron chi connectivity index (χ0n) is 17.9. The van der Waals surface area contributed by atoms with E-state index in [1.54, 1.807) is 17.6 Å². The number of rotatable bonds is 6. The molecule has 32 heavy (non-hydrogen) atoms. The summed E-state index contributed by atoms with van der Waals surface area (Å²) < 4.78 is 1.75. The van der Waals surface area contributed by atoms with Gasteiger partial charge in [-0.05, 0) is 37.5 Å². The minimum atomic E-state index is -0.599. The molecule has 8 heteroatoms. The van der Waals surface area contributed by atoms with Crippen LogP contribution in [0, 0.1) is 0 Å². The molecule has 1 aromatic heterocycles. The Balaban J connectivity index is 1.48. The van der Waals surface area contributed by atoms with Gasteiger partial charge in [-0.3, -0.25) is 19.5 Å². The summed E-state index contributed by atoms with van der Waals surface area (Å²) in [4.78, 5) is 42.7. The SMILES string of the molecule is CC(Sc1nc2ccccc2c(=O)n1C1CCCC1)C(=O)NC(=O)NCc1ccccc1. The van der Waals surface area contributed by atoms with Crippen LogP contribution in [0.1, 0.15) is 44.2 Å². The average Bonchev–Trinajstić information content (AvgIpc) is 3.33. The lowest BCUT2D eigenvalue weighted by atomic mass is 10.2. The maximum atomic E-state index is 13.2. The van der Waals surface area contributed by atoms with Crippen LogP contribution < -0.4 is 16.2 Å². The lowest BCUT2D eigenvalue weighted by molar-refractivity contribution is -0.119. The number of nitrogens with zero attached hydrogens (tertiary/aromatic N) is 2. The molecule has 1 heterocycles. The molecule has 0 bridgehead atoms. The van der Waals surface area contributed by atoms with Crippen LogP contribution in [0.15, 0.2) is 64.5 Å². The van der Waals surface area contributed by atoms with Gasteiger partial charge < -0.3 is 5.32 Å². The van der Waals surface area contributed by atoms with Gasteiger partial charge in [0.2, 0.25) is 5.91 Å². The molecule has 3 amide bonds. The van der Waals surface area contributed by atoms with Gasteiger partial charge in [-0.1, -0.05) is 67.1 Å². The Kier molecular flexibility index (Phi) is 6.90. The second kappa shape index (κ2) is 9.99. The first-order chi connectivity index (χ1) is 15.5. The van der Waals surface area contributed by atoms with Gasteiger partial charge >= 0.3 is 6.03 Å². The number of carbonyl (C=O) groups is 2. The second-order valence-electron chi connectivity index (χ2n) is 7.94. The summed E-state index contributed by atoms with van der Waals surface area (Å²) in [5.74, 6) is -0.430. The van der Waals surface area contributed by atoms with Crippen molar-refractivity contribution in [1.82, 2.24) is 20.2 Å². The minimum absolute atomic E-state index is 0.0711. The molecule has 0 aliphatic heterocycles. The van der Waals surface area contributed by atoms with Crippen molar-refractivity contribution in [2.45, 2.75) is 55.6 Å². The zero-order valence-corrected chi connectivity index (χ0v) is 18.7. The van der Waals surface area contributed by atoms with Gasteiger partial charge in [0.1, 0.15) is 0 Å². The number of benzene rings is 2. The summed E-state index contributed by atoms with van der Waals surface area (Å²) in [5.41, 5.74) is 1.49. The largest absolute Gasteiger partial charge is 0.334 e. The number of aromatic nitrogens is 2. The van der Waals surface area contributed by atoms with E-state index in [1.165, 1.54) is 11.8 Å². The van der Waals surface area contributed by atoms with E-state index in [0.717, 1.165) is 31.2 Å². The van der Waals surface area contributed by atoms with Gasteiger partial charge in [0.05, 0.1) is 16.2 Å². The van der Waals surface area contributed by atoms with Crippen LogP contribution >= 0.6 is 11.8 Å². The third kappa shape index (κ3) is 5.02. The number of para-hydroxylation sites is 1. The Morgan fingerprint density at radius 2 is 1.78 bits per heavy atom. The smallest absolute Gasteiger partial charge is 0.321 e. The van der Waals surface area contributed by atoms with Crippen molar-refractivity contribution in [1.29, 1.82) is 0 Å². The van der Waals surface area contributed by atoms with Gasteiger partial charge in [-0.25, -0.2) is 9.78 Å². The van der Waals surface area contributed by atoms with E-state index in [4.69, 9.17) is 4.98 Å². The normalized spacial score (nSPS) is 14.9. The van der Waals surface area contributed by atoms with E-state index >= 15 is 0 Å². The van der Waals surface area contributed by atoms with Gasteiger partial charge in [0.15, 0.2) is 5.16 Å². The molecule has 0 saturated heterocycles. The number of hydrogen-bond donors (Lipinski definition) is 2. The van der Waals surface area contributed by atoms with Crippen LogP contribution in [0.25, 0.3) is 10.9 Å². The van der Waals surface area contributed by atoms with E-state index in [2.05, 4.69) is 10.6 Å². The van der Waals surface area contributed by atoms with Crippen molar-refractivity contribution >= 4 is 34.6 Å². The Bertz CT molecular complexity index is 1170. The van der Waals surface area contributed by atoms with E-state index in [9.17, 15) is 14.4 Å². The highest BCUT2D eigenvalue weighted by Crippen LogP contribution is 2.33. The molecule has 0 radical (unpaired) electrons. The highest BCUT2D eigenvalue weighted by molar-refractivity contribution is 8.00. The Morgan fingerprint density at radius 3 is 2.53 bits per heavy atom. The van der Waals surface area contributed by atoms with Gasteiger partial charge in [-0.15, -0.1) is 0 Å². The molecule has 1 fully saturated rings. The second-order valence-corrected chi connectivity index (χ2v) is 9.25. The van der Waals surface area contributed by atoms with Crippen molar-refractivity contribution in [3.63, 3.8) is 0 Å². The van der Waals surface area contributed by atoms with Crippen molar-refractivity contribution in [3.05, 3.63) is 70.5 Å². The first-order valence-corrected chi connectivity index (χ1v) is 11.7. The van der Waals surface area contributed by atoms with Crippen molar-refractivity contribution in [3.8, 4) is 0 Å². The molecule has 1 aliphatic carbocycles. The molecule has 1 aliphatic rings. The molecule has 1 atom stereocenters. The number of hydrogen-bond acceptors (Lipinski definition) is 5. The number of thioether (sulfide) groups is 1. The lowest BCUT2D eigenvalue weighted by Crippen LogP contribution is -2.42. The zero-order chi connectivity index (χ0) is 22.5. The predicted molar refractivity (Wildman–Crippen MR) is 126 cm³/mol. The molecule has 2 aromatic carbocycles. The standard InChI is InChI=1S/C24H26N4O3S/c1-16(21(29)27-23(31)25-15-17-9-3-2-4-10-17)32-24-26-20-14-8-7-13-19(20)22(30)28(24)18-11-5-6-12-18/h2-4,7-10,13-14,16,18H,5-6,11-12,15H2,1H3,(H2,25,27,29,31). The molecule has 7 nitrogen and oxygen atoms in total. The fourth-order valence-electron chi connectivity index (χ4n) is 3.94. The molecule has 3 aromatic rings. The number of imide groups is 1. The van der Waals surface area contributed by atoms with Gasteiger partial charge in [-0.2, -0.15) is 0 Å². The number of nitrogens with one attached hydrogen (secondary N) is 2. The number of amides is 3. The summed E-state index contributed by atoms with van der Waals surface area (Å²) in [5, 5.41) is 5.58. The maximum Gasteiger partial charge on any atom is 0.321 e. The fraction of sp³-hybridized carbons (Fsp3) is 0.333. The fourth-order valence-corrected chi connectivity index (χ4v) is 4.92. The molecular formula is C24H26N4O3S. The Labute approximate surface area is 190 Å². The third-order valence-corrected chi connectivity index (χ3v) is 6.72. The summed E-state index contributed by atoms with van der Waals surface area (Å²) in [6, 6.07) is 16.3. The number of urea groups is 1. The van der Waals surface area contributed by atoms with E-state index in [1.807, 2.05) is 48.5 Å². The quantitative estimate of drug-likeness (QED) is 0.437.